The second kappa shape index (κ2) is 5.23. The third-order valence-electron chi connectivity index (χ3n) is 5.15. The second-order valence-corrected chi connectivity index (χ2v) is 6.00. The summed E-state index contributed by atoms with van der Waals surface area (Å²) in [5.41, 5.74) is 3.03. The van der Waals surface area contributed by atoms with E-state index in [0.717, 1.165) is 24.5 Å². The van der Waals surface area contributed by atoms with Crippen LogP contribution in [0.15, 0.2) is 12.4 Å². The molecular formula is C14H25N5. The smallest absolute Gasteiger partial charge is 0.127 e. The second-order valence-electron chi connectivity index (χ2n) is 6.00. The molecule has 2 saturated heterocycles. The van der Waals surface area contributed by atoms with Gasteiger partial charge < -0.3 is 9.47 Å². The zero-order valence-corrected chi connectivity index (χ0v) is 11.9. The van der Waals surface area contributed by atoms with Gasteiger partial charge in [0.1, 0.15) is 5.82 Å². The number of hydrogen-bond acceptors (Lipinski definition) is 4. The molecule has 1 aromatic rings. The molecule has 106 valence electrons. The maximum Gasteiger partial charge on any atom is 0.127 e. The van der Waals surface area contributed by atoms with Crippen LogP contribution in [0, 0.1) is 5.92 Å². The van der Waals surface area contributed by atoms with Gasteiger partial charge in [-0.15, -0.1) is 0 Å². The number of nitrogens with zero attached hydrogens (tertiary/aromatic N) is 3. The van der Waals surface area contributed by atoms with Crippen molar-refractivity contribution < 1.29 is 0 Å². The van der Waals surface area contributed by atoms with Crippen LogP contribution in [0.1, 0.15) is 44.5 Å². The van der Waals surface area contributed by atoms with Gasteiger partial charge in [-0.1, -0.05) is 0 Å². The van der Waals surface area contributed by atoms with Gasteiger partial charge in [0.25, 0.3) is 0 Å². The fourth-order valence-electron chi connectivity index (χ4n) is 4.01. The van der Waals surface area contributed by atoms with Crippen molar-refractivity contribution in [2.75, 3.05) is 7.05 Å². The first kappa shape index (κ1) is 13.1. The summed E-state index contributed by atoms with van der Waals surface area (Å²) >= 11 is 0. The van der Waals surface area contributed by atoms with Gasteiger partial charge in [0.2, 0.25) is 0 Å². The molecule has 2 fully saturated rings. The fraction of sp³-hybridized carbons (Fsp3) is 0.786. The van der Waals surface area contributed by atoms with Gasteiger partial charge in [0.15, 0.2) is 0 Å². The lowest BCUT2D eigenvalue weighted by Gasteiger charge is -2.39. The molecule has 2 bridgehead atoms. The van der Waals surface area contributed by atoms with Gasteiger partial charge >= 0.3 is 0 Å². The Hall–Kier alpha value is -0.910. The van der Waals surface area contributed by atoms with Crippen LogP contribution < -0.4 is 11.3 Å². The Morgan fingerprint density at radius 3 is 2.68 bits per heavy atom. The lowest BCUT2D eigenvalue weighted by Crippen LogP contribution is -2.45. The molecule has 0 radical (unpaired) electrons. The van der Waals surface area contributed by atoms with E-state index in [2.05, 4.69) is 33.8 Å². The zero-order valence-electron chi connectivity index (χ0n) is 11.9. The maximum absolute atomic E-state index is 5.85. The molecule has 5 nitrogen and oxygen atoms in total. The van der Waals surface area contributed by atoms with Crippen LogP contribution in [0.25, 0.3) is 0 Å². The van der Waals surface area contributed by atoms with E-state index in [1.54, 1.807) is 0 Å². The van der Waals surface area contributed by atoms with E-state index in [4.69, 9.17) is 5.84 Å². The van der Waals surface area contributed by atoms with Crippen LogP contribution in [-0.4, -0.2) is 33.6 Å². The molecule has 5 heteroatoms. The molecule has 2 aliphatic heterocycles. The van der Waals surface area contributed by atoms with Crippen molar-refractivity contribution in [1.82, 2.24) is 19.9 Å². The number of aryl methyl sites for hydroxylation is 1. The summed E-state index contributed by atoms with van der Waals surface area (Å²) in [5, 5.41) is 0. The molecular weight excluding hydrogens is 238 g/mol. The molecule has 0 aliphatic carbocycles. The van der Waals surface area contributed by atoms with Crippen molar-refractivity contribution in [2.24, 2.45) is 11.8 Å². The van der Waals surface area contributed by atoms with Gasteiger partial charge in [-0.05, 0) is 45.6 Å². The van der Waals surface area contributed by atoms with E-state index in [0.29, 0.717) is 5.92 Å². The third kappa shape index (κ3) is 2.20. The molecule has 0 saturated carbocycles. The van der Waals surface area contributed by atoms with E-state index in [9.17, 15) is 0 Å². The quantitative estimate of drug-likeness (QED) is 0.634. The molecule has 19 heavy (non-hydrogen) atoms. The first-order chi connectivity index (χ1) is 9.24. The van der Waals surface area contributed by atoms with Crippen molar-refractivity contribution in [1.29, 1.82) is 0 Å². The standard InChI is InChI=1S/C14H25N5/c1-3-19-7-6-16-14(19)13(17-15)10-8-11-4-5-12(9-10)18(11)2/h6-7,10-13,17H,3-5,8-9,15H2,1-2H3. The molecule has 3 heterocycles. The van der Waals surface area contributed by atoms with Gasteiger partial charge in [-0.3, -0.25) is 5.84 Å². The molecule has 3 N–H and O–H groups in total. The summed E-state index contributed by atoms with van der Waals surface area (Å²) in [5.74, 6) is 7.55. The SMILES string of the molecule is CCn1ccnc1C(NN)C1CC2CCC(C1)N2C. The molecule has 3 unspecified atom stereocenters. The Bertz CT molecular complexity index is 415. The highest BCUT2D eigenvalue weighted by molar-refractivity contribution is 5.05. The van der Waals surface area contributed by atoms with Crippen LogP contribution in [0.2, 0.25) is 0 Å². The van der Waals surface area contributed by atoms with Crippen LogP contribution in [0.4, 0.5) is 0 Å². The molecule has 1 aromatic heterocycles. The first-order valence-corrected chi connectivity index (χ1v) is 7.43. The summed E-state index contributed by atoms with van der Waals surface area (Å²) in [4.78, 5) is 7.10. The average Bonchev–Trinajstić information content (AvgIpc) is 2.93. The Balaban J connectivity index is 1.80. The number of imidazole rings is 1. The van der Waals surface area contributed by atoms with Crippen molar-refractivity contribution >= 4 is 0 Å². The predicted octanol–water partition coefficient (Wildman–Crippen LogP) is 1.28. The van der Waals surface area contributed by atoms with E-state index < -0.39 is 0 Å². The third-order valence-corrected chi connectivity index (χ3v) is 5.15. The average molecular weight is 263 g/mol. The normalized spacial score (nSPS) is 32.7. The van der Waals surface area contributed by atoms with Crippen molar-refractivity contribution in [2.45, 2.75) is 57.3 Å². The Morgan fingerprint density at radius 2 is 2.11 bits per heavy atom. The van der Waals surface area contributed by atoms with Gasteiger partial charge in [-0.25, -0.2) is 10.4 Å². The summed E-state index contributed by atoms with van der Waals surface area (Å²) in [6, 6.07) is 1.67. The summed E-state index contributed by atoms with van der Waals surface area (Å²) in [6.07, 6.45) is 9.08. The van der Waals surface area contributed by atoms with Gasteiger partial charge in [0.05, 0.1) is 6.04 Å². The van der Waals surface area contributed by atoms with Gasteiger partial charge in [0, 0.05) is 31.0 Å². The lowest BCUT2D eigenvalue weighted by atomic mass is 9.85. The number of piperidine rings is 1. The number of hydrogen-bond donors (Lipinski definition) is 2. The summed E-state index contributed by atoms with van der Waals surface area (Å²) < 4.78 is 2.20. The number of aromatic nitrogens is 2. The van der Waals surface area contributed by atoms with E-state index in [1.165, 1.54) is 25.7 Å². The number of nitrogens with two attached hydrogens (primary N) is 1. The zero-order chi connectivity index (χ0) is 13.4. The minimum Gasteiger partial charge on any atom is -0.334 e. The van der Waals surface area contributed by atoms with Crippen molar-refractivity contribution in [3.8, 4) is 0 Å². The molecule has 3 rings (SSSR count). The molecule has 3 atom stereocenters. The number of hydrazine groups is 1. The van der Waals surface area contributed by atoms with Crippen LogP contribution in [0.5, 0.6) is 0 Å². The van der Waals surface area contributed by atoms with Crippen molar-refractivity contribution in [3.05, 3.63) is 18.2 Å². The van der Waals surface area contributed by atoms with E-state index in [-0.39, 0.29) is 6.04 Å². The molecule has 0 spiro atoms. The molecule has 0 amide bonds. The molecule has 0 aromatic carbocycles. The lowest BCUT2D eigenvalue weighted by molar-refractivity contribution is 0.109. The maximum atomic E-state index is 5.85. The van der Waals surface area contributed by atoms with Crippen LogP contribution in [0.3, 0.4) is 0 Å². The van der Waals surface area contributed by atoms with Crippen LogP contribution in [-0.2, 0) is 6.54 Å². The Kier molecular flexibility index (Phi) is 3.60. The highest BCUT2D eigenvalue weighted by Crippen LogP contribution is 2.41. The molecule has 2 aliphatic rings. The summed E-state index contributed by atoms with van der Waals surface area (Å²) in [6.45, 7) is 3.10. The largest absolute Gasteiger partial charge is 0.334 e. The highest BCUT2D eigenvalue weighted by atomic mass is 15.3. The Labute approximate surface area is 115 Å². The minimum atomic E-state index is 0.187. The summed E-state index contributed by atoms with van der Waals surface area (Å²) in [7, 11) is 2.27. The first-order valence-electron chi connectivity index (χ1n) is 7.43. The number of fused-ring (bicyclic) bond motifs is 2. The Morgan fingerprint density at radius 1 is 1.42 bits per heavy atom. The fourth-order valence-corrected chi connectivity index (χ4v) is 4.01. The van der Waals surface area contributed by atoms with E-state index in [1.807, 2.05) is 12.4 Å². The highest BCUT2D eigenvalue weighted by Gasteiger charge is 2.41. The topological polar surface area (TPSA) is 59.1 Å². The van der Waals surface area contributed by atoms with E-state index >= 15 is 0 Å². The van der Waals surface area contributed by atoms with Gasteiger partial charge in [-0.2, -0.15) is 0 Å². The predicted molar refractivity (Wildman–Crippen MR) is 75.3 cm³/mol. The minimum absolute atomic E-state index is 0.187. The van der Waals surface area contributed by atoms with Crippen molar-refractivity contribution in [3.63, 3.8) is 0 Å². The number of nitrogens with one attached hydrogen (secondary N) is 1. The monoisotopic (exact) mass is 263 g/mol. The number of rotatable bonds is 4. The van der Waals surface area contributed by atoms with Crippen LogP contribution >= 0.6 is 0 Å².